The maximum Gasteiger partial charge on any atom is 0.131 e. The Balaban J connectivity index is 2.47. The van der Waals surface area contributed by atoms with Gasteiger partial charge in [-0.2, -0.15) is 0 Å². The van der Waals surface area contributed by atoms with Crippen molar-refractivity contribution >= 4 is 15.9 Å². The van der Waals surface area contributed by atoms with E-state index in [1.165, 1.54) is 12.1 Å². The zero-order valence-corrected chi connectivity index (χ0v) is 12.3. The maximum atomic E-state index is 13.7. The van der Waals surface area contributed by atoms with Gasteiger partial charge in [-0.05, 0) is 36.6 Å². The van der Waals surface area contributed by atoms with Crippen LogP contribution in [0.2, 0.25) is 0 Å². The SMILES string of the molecule is Cc1cc(C(N)c2ccc(F)cc2F)cc(C)c1Br. The van der Waals surface area contributed by atoms with Crippen LogP contribution in [0.3, 0.4) is 0 Å². The number of aryl methyl sites for hydroxylation is 2. The average Bonchev–Trinajstić information content (AvgIpc) is 2.34. The minimum Gasteiger partial charge on any atom is -0.320 e. The van der Waals surface area contributed by atoms with Crippen LogP contribution in [0.5, 0.6) is 0 Å². The summed E-state index contributed by atoms with van der Waals surface area (Å²) in [7, 11) is 0. The van der Waals surface area contributed by atoms with Crippen LogP contribution in [0.25, 0.3) is 0 Å². The lowest BCUT2D eigenvalue weighted by atomic mass is 9.96. The van der Waals surface area contributed by atoms with Crippen LogP contribution in [0.4, 0.5) is 8.78 Å². The van der Waals surface area contributed by atoms with Crippen LogP contribution in [0.15, 0.2) is 34.8 Å². The third-order valence-electron chi connectivity index (χ3n) is 3.12. The summed E-state index contributed by atoms with van der Waals surface area (Å²) in [5, 5.41) is 0. The number of benzene rings is 2. The van der Waals surface area contributed by atoms with Gasteiger partial charge in [0.2, 0.25) is 0 Å². The highest BCUT2D eigenvalue weighted by molar-refractivity contribution is 9.10. The average molecular weight is 326 g/mol. The van der Waals surface area contributed by atoms with E-state index in [0.29, 0.717) is 5.56 Å². The molecule has 1 atom stereocenters. The molecule has 4 heteroatoms. The third-order valence-corrected chi connectivity index (χ3v) is 4.37. The molecule has 0 radical (unpaired) electrons. The molecule has 0 aliphatic rings. The molecule has 1 unspecified atom stereocenters. The van der Waals surface area contributed by atoms with E-state index in [4.69, 9.17) is 5.73 Å². The topological polar surface area (TPSA) is 26.0 Å². The second-order valence-electron chi connectivity index (χ2n) is 4.61. The van der Waals surface area contributed by atoms with Crippen LogP contribution < -0.4 is 5.73 Å². The van der Waals surface area contributed by atoms with Crippen molar-refractivity contribution in [2.24, 2.45) is 5.73 Å². The van der Waals surface area contributed by atoms with Gasteiger partial charge in [-0.1, -0.05) is 34.1 Å². The molecule has 2 aromatic carbocycles. The molecule has 2 rings (SSSR count). The first kappa shape index (κ1) is 14.2. The fourth-order valence-corrected chi connectivity index (χ4v) is 2.32. The third kappa shape index (κ3) is 2.85. The molecule has 2 aromatic rings. The van der Waals surface area contributed by atoms with Crippen LogP contribution in [0, 0.1) is 25.5 Å². The van der Waals surface area contributed by atoms with Crippen molar-refractivity contribution in [3.63, 3.8) is 0 Å². The standard InChI is InChI=1S/C15H14BrF2N/c1-8-5-10(6-9(2)14(8)16)15(19)12-4-3-11(17)7-13(12)18/h3-7,15H,19H2,1-2H3. The Hall–Kier alpha value is -1.26. The fourth-order valence-electron chi connectivity index (χ4n) is 2.09. The van der Waals surface area contributed by atoms with E-state index in [0.717, 1.165) is 27.2 Å². The van der Waals surface area contributed by atoms with E-state index in [1.807, 2.05) is 26.0 Å². The van der Waals surface area contributed by atoms with E-state index in [9.17, 15) is 8.78 Å². The van der Waals surface area contributed by atoms with E-state index in [2.05, 4.69) is 15.9 Å². The molecule has 19 heavy (non-hydrogen) atoms. The molecule has 0 saturated heterocycles. The second kappa shape index (κ2) is 5.39. The largest absolute Gasteiger partial charge is 0.320 e. The summed E-state index contributed by atoms with van der Waals surface area (Å²) >= 11 is 3.48. The Morgan fingerprint density at radius 1 is 1.05 bits per heavy atom. The minimum atomic E-state index is -0.620. The summed E-state index contributed by atoms with van der Waals surface area (Å²) < 4.78 is 27.7. The van der Waals surface area contributed by atoms with E-state index < -0.39 is 17.7 Å². The zero-order valence-electron chi connectivity index (χ0n) is 10.7. The van der Waals surface area contributed by atoms with E-state index in [1.54, 1.807) is 0 Å². The molecule has 100 valence electrons. The van der Waals surface area contributed by atoms with Crippen LogP contribution >= 0.6 is 15.9 Å². The summed E-state index contributed by atoms with van der Waals surface area (Å²) in [6.45, 7) is 3.91. The lowest BCUT2D eigenvalue weighted by Crippen LogP contribution is -2.14. The molecule has 0 aliphatic carbocycles. The first-order valence-corrected chi connectivity index (χ1v) is 6.66. The second-order valence-corrected chi connectivity index (χ2v) is 5.41. The van der Waals surface area contributed by atoms with Gasteiger partial charge in [-0.15, -0.1) is 0 Å². The summed E-state index contributed by atoms with van der Waals surface area (Å²) in [6.07, 6.45) is 0. The van der Waals surface area contributed by atoms with Gasteiger partial charge in [-0.3, -0.25) is 0 Å². The highest BCUT2D eigenvalue weighted by Gasteiger charge is 2.15. The summed E-state index contributed by atoms with van der Waals surface area (Å²) in [5.74, 6) is -1.22. The fraction of sp³-hybridized carbons (Fsp3) is 0.200. The van der Waals surface area contributed by atoms with Gasteiger partial charge in [0.15, 0.2) is 0 Å². The van der Waals surface area contributed by atoms with Crippen molar-refractivity contribution in [1.82, 2.24) is 0 Å². The normalized spacial score (nSPS) is 12.5. The van der Waals surface area contributed by atoms with Crippen molar-refractivity contribution in [3.8, 4) is 0 Å². The molecule has 0 amide bonds. The molecule has 0 heterocycles. The van der Waals surface area contributed by atoms with Gasteiger partial charge in [0.25, 0.3) is 0 Å². The summed E-state index contributed by atoms with van der Waals surface area (Å²) in [5.41, 5.74) is 9.25. The predicted molar refractivity (Wildman–Crippen MR) is 76.0 cm³/mol. The summed E-state index contributed by atoms with van der Waals surface area (Å²) in [4.78, 5) is 0. The van der Waals surface area contributed by atoms with Gasteiger partial charge in [-0.25, -0.2) is 8.78 Å². The number of hydrogen-bond donors (Lipinski definition) is 1. The summed E-state index contributed by atoms with van der Waals surface area (Å²) in [6, 6.07) is 6.67. The van der Waals surface area contributed by atoms with Gasteiger partial charge < -0.3 is 5.73 Å². The highest BCUT2D eigenvalue weighted by Crippen LogP contribution is 2.28. The van der Waals surface area contributed by atoms with Gasteiger partial charge >= 0.3 is 0 Å². The van der Waals surface area contributed by atoms with E-state index >= 15 is 0 Å². The van der Waals surface area contributed by atoms with Crippen molar-refractivity contribution < 1.29 is 8.78 Å². The van der Waals surface area contributed by atoms with Crippen molar-refractivity contribution in [3.05, 3.63) is 68.7 Å². The van der Waals surface area contributed by atoms with Gasteiger partial charge in [0, 0.05) is 16.1 Å². The molecular formula is C15H14BrF2N. The van der Waals surface area contributed by atoms with Crippen LogP contribution in [0.1, 0.15) is 28.3 Å². The Morgan fingerprint density at radius 2 is 1.63 bits per heavy atom. The minimum absolute atomic E-state index is 0.294. The molecule has 2 N–H and O–H groups in total. The molecular weight excluding hydrogens is 312 g/mol. The van der Waals surface area contributed by atoms with Crippen molar-refractivity contribution in [2.75, 3.05) is 0 Å². The maximum absolute atomic E-state index is 13.7. The Kier molecular flexibility index (Phi) is 4.02. The first-order valence-electron chi connectivity index (χ1n) is 5.87. The molecule has 1 nitrogen and oxygen atoms in total. The number of rotatable bonds is 2. The van der Waals surface area contributed by atoms with Crippen LogP contribution in [-0.2, 0) is 0 Å². The molecule has 0 spiro atoms. The Morgan fingerprint density at radius 3 is 2.16 bits per heavy atom. The highest BCUT2D eigenvalue weighted by atomic mass is 79.9. The Bertz CT molecular complexity index is 603. The number of nitrogens with two attached hydrogens (primary N) is 1. The zero-order chi connectivity index (χ0) is 14.2. The smallest absolute Gasteiger partial charge is 0.131 e. The quantitative estimate of drug-likeness (QED) is 0.870. The molecule has 0 bridgehead atoms. The molecule has 0 aromatic heterocycles. The molecule has 0 fully saturated rings. The lowest BCUT2D eigenvalue weighted by molar-refractivity contribution is 0.566. The van der Waals surface area contributed by atoms with Crippen molar-refractivity contribution in [2.45, 2.75) is 19.9 Å². The Labute approximate surface area is 119 Å². The number of hydrogen-bond acceptors (Lipinski definition) is 1. The van der Waals surface area contributed by atoms with Crippen molar-refractivity contribution in [1.29, 1.82) is 0 Å². The lowest BCUT2D eigenvalue weighted by Gasteiger charge is -2.16. The van der Waals surface area contributed by atoms with E-state index in [-0.39, 0.29) is 0 Å². The van der Waals surface area contributed by atoms with Gasteiger partial charge in [0.05, 0.1) is 6.04 Å². The predicted octanol–water partition coefficient (Wildman–Crippen LogP) is 4.39. The molecule has 0 aliphatic heterocycles. The monoisotopic (exact) mass is 325 g/mol. The first-order chi connectivity index (χ1) is 8.90. The molecule has 0 saturated carbocycles. The van der Waals surface area contributed by atoms with Crippen LogP contribution in [-0.4, -0.2) is 0 Å². The number of halogens is 3. The van der Waals surface area contributed by atoms with Gasteiger partial charge in [0.1, 0.15) is 11.6 Å².